The van der Waals surface area contributed by atoms with Gasteiger partial charge in [-0.25, -0.2) is 0 Å². The number of thioether (sulfide) groups is 1. The van der Waals surface area contributed by atoms with E-state index >= 15 is 0 Å². The van der Waals surface area contributed by atoms with Crippen molar-refractivity contribution in [3.63, 3.8) is 0 Å². The molecule has 1 aromatic carbocycles. The molecule has 0 atom stereocenters. The summed E-state index contributed by atoms with van der Waals surface area (Å²) in [5.74, 6) is 1.30. The van der Waals surface area contributed by atoms with Crippen LogP contribution in [0, 0.1) is 6.92 Å². The van der Waals surface area contributed by atoms with Crippen LogP contribution in [0.4, 0.5) is 0 Å². The Bertz CT molecular complexity index is 719. The number of rotatable bonds is 6. The van der Waals surface area contributed by atoms with Gasteiger partial charge in [0.1, 0.15) is 5.75 Å². The Morgan fingerprint density at radius 3 is 3.00 bits per heavy atom. The number of benzene rings is 1. The van der Waals surface area contributed by atoms with Gasteiger partial charge < -0.3 is 4.74 Å². The van der Waals surface area contributed by atoms with Gasteiger partial charge >= 0.3 is 0 Å². The first-order chi connectivity index (χ1) is 10.1. The molecule has 5 heteroatoms. The van der Waals surface area contributed by atoms with E-state index in [0.29, 0.717) is 18.1 Å². The Balaban J connectivity index is 2.03. The van der Waals surface area contributed by atoms with Crippen LogP contribution in [-0.2, 0) is 4.79 Å². The van der Waals surface area contributed by atoms with E-state index in [9.17, 15) is 9.59 Å². The molecule has 0 aliphatic rings. The second-order valence-corrected chi connectivity index (χ2v) is 6.65. The Kier molecular flexibility index (Phi) is 5.59. The van der Waals surface area contributed by atoms with Crippen molar-refractivity contribution in [2.24, 2.45) is 0 Å². The van der Waals surface area contributed by atoms with E-state index in [1.807, 2.05) is 25.1 Å². The summed E-state index contributed by atoms with van der Waals surface area (Å²) in [5.41, 5.74) is 1.12. The van der Waals surface area contributed by atoms with Crippen LogP contribution in [0.3, 0.4) is 0 Å². The molecule has 0 aliphatic carbocycles. The molecule has 110 valence electrons. The number of carbonyl (C=O) groups excluding carboxylic acids is 1. The maximum atomic E-state index is 11.7. The zero-order valence-corrected chi connectivity index (χ0v) is 13.4. The SMILES string of the molecule is C=CC(=O)SCCCOc1cc(=O)sc2cc(C)ccc12. The summed E-state index contributed by atoms with van der Waals surface area (Å²) in [6.45, 7) is 5.90. The first kappa shape index (κ1) is 15.8. The molecule has 2 aromatic rings. The molecule has 3 nitrogen and oxygen atoms in total. The molecule has 21 heavy (non-hydrogen) atoms. The molecule has 1 heterocycles. The van der Waals surface area contributed by atoms with Gasteiger partial charge in [-0.05, 0) is 37.1 Å². The number of hydrogen-bond donors (Lipinski definition) is 0. The summed E-state index contributed by atoms with van der Waals surface area (Å²) in [6.07, 6.45) is 2.05. The van der Waals surface area contributed by atoms with E-state index in [4.69, 9.17) is 4.74 Å². The van der Waals surface area contributed by atoms with Gasteiger partial charge in [-0.3, -0.25) is 9.59 Å². The molecule has 0 fully saturated rings. The highest BCUT2D eigenvalue weighted by Gasteiger charge is 2.06. The highest BCUT2D eigenvalue weighted by atomic mass is 32.2. The molecule has 1 aromatic heterocycles. The molecule has 2 rings (SSSR count). The molecule has 0 saturated heterocycles. The average Bonchev–Trinajstić information content (AvgIpc) is 2.45. The van der Waals surface area contributed by atoms with E-state index in [1.54, 1.807) is 0 Å². The third-order valence-corrected chi connectivity index (χ3v) is 4.64. The second-order valence-electron chi connectivity index (χ2n) is 4.50. The predicted octanol–water partition coefficient (Wildman–Crippen LogP) is 3.78. The first-order valence-corrected chi connectivity index (χ1v) is 8.37. The Hall–Kier alpha value is -1.59. The zero-order chi connectivity index (χ0) is 15.2. The maximum Gasteiger partial charge on any atom is 0.236 e. The van der Waals surface area contributed by atoms with Crippen LogP contribution in [0.15, 0.2) is 41.7 Å². The smallest absolute Gasteiger partial charge is 0.236 e. The van der Waals surface area contributed by atoms with Gasteiger partial charge in [0.2, 0.25) is 9.86 Å². The van der Waals surface area contributed by atoms with Crippen LogP contribution in [0.2, 0.25) is 0 Å². The van der Waals surface area contributed by atoms with E-state index in [-0.39, 0.29) is 9.86 Å². The van der Waals surface area contributed by atoms with Crippen LogP contribution in [0.25, 0.3) is 10.1 Å². The molecule has 0 unspecified atom stereocenters. The normalized spacial score (nSPS) is 10.5. The fourth-order valence-corrected chi connectivity index (χ4v) is 3.32. The monoisotopic (exact) mass is 320 g/mol. The minimum atomic E-state index is -0.0284. The molecule has 0 aliphatic heterocycles. The first-order valence-electron chi connectivity index (χ1n) is 6.56. The third-order valence-electron chi connectivity index (χ3n) is 2.82. The van der Waals surface area contributed by atoms with Gasteiger partial charge in [-0.1, -0.05) is 35.7 Å². The van der Waals surface area contributed by atoms with Crippen LogP contribution in [-0.4, -0.2) is 17.5 Å². The summed E-state index contributed by atoms with van der Waals surface area (Å²) in [7, 11) is 0. The lowest BCUT2D eigenvalue weighted by Crippen LogP contribution is -2.03. The van der Waals surface area contributed by atoms with Crippen LogP contribution in [0.1, 0.15) is 12.0 Å². The van der Waals surface area contributed by atoms with E-state index in [0.717, 1.165) is 22.1 Å². The molecular formula is C16H16O3S2. The number of ether oxygens (including phenoxy) is 1. The number of carbonyl (C=O) groups is 1. The topological polar surface area (TPSA) is 43.4 Å². The maximum absolute atomic E-state index is 11.7. The Morgan fingerprint density at radius 2 is 2.24 bits per heavy atom. The third kappa shape index (κ3) is 4.44. The van der Waals surface area contributed by atoms with Gasteiger partial charge in [-0.15, -0.1) is 0 Å². The van der Waals surface area contributed by atoms with Crippen molar-refractivity contribution in [3.8, 4) is 5.75 Å². The van der Waals surface area contributed by atoms with Crippen molar-refractivity contribution in [2.75, 3.05) is 12.4 Å². The van der Waals surface area contributed by atoms with Gasteiger partial charge in [-0.2, -0.15) is 0 Å². The van der Waals surface area contributed by atoms with Crippen LogP contribution in [0.5, 0.6) is 5.75 Å². The molecule has 0 radical (unpaired) electrons. The van der Waals surface area contributed by atoms with Gasteiger partial charge in [0.05, 0.1) is 6.61 Å². The molecule has 0 N–H and O–H groups in total. The van der Waals surface area contributed by atoms with Crippen molar-refractivity contribution in [2.45, 2.75) is 13.3 Å². The standard InChI is InChI=1S/C16H16O3S2/c1-3-15(17)20-8-4-7-19-13-10-16(18)21-14-9-11(2)5-6-12(13)14/h3,5-6,9-10H,1,4,7-8H2,2H3. The van der Waals surface area contributed by atoms with Crippen LogP contribution < -0.4 is 9.48 Å². The molecule has 0 spiro atoms. The molecule has 0 saturated carbocycles. The Morgan fingerprint density at radius 1 is 1.43 bits per heavy atom. The van der Waals surface area contributed by atoms with E-state index in [1.165, 1.54) is 35.2 Å². The fourth-order valence-electron chi connectivity index (χ4n) is 1.83. The minimum Gasteiger partial charge on any atom is -0.493 e. The van der Waals surface area contributed by atoms with E-state index < -0.39 is 0 Å². The molecular weight excluding hydrogens is 304 g/mol. The summed E-state index contributed by atoms with van der Waals surface area (Å²) in [6, 6.07) is 7.51. The number of fused-ring (bicyclic) bond motifs is 1. The van der Waals surface area contributed by atoms with Crippen molar-refractivity contribution in [1.82, 2.24) is 0 Å². The highest BCUT2D eigenvalue weighted by Crippen LogP contribution is 2.27. The van der Waals surface area contributed by atoms with Gasteiger partial charge in [0, 0.05) is 21.9 Å². The minimum absolute atomic E-state index is 0.0145. The van der Waals surface area contributed by atoms with Gasteiger partial charge in [0.25, 0.3) is 0 Å². The predicted molar refractivity (Wildman–Crippen MR) is 90.6 cm³/mol. The second kappa shape index (κ2) is 7.43. The molecule has 0 bridgehead atoms. The highest BCUT2D eigenvalue weighted by molar-refractivity contribution is 8.14. The van der Waals surface area contributed by atoms with Crippen molar-refractivity contribution >= 4 is 38.3 Å². The zero-order valence-electron chi connectivity index (χ0n) is 11.8. The van der Waals surface area contributed by atoms with Crippen molar-refractivity contribution in [1.29, 1.82) is 0 Å². The molecule has 0 amide bonds. The summed E-state index contributed by atoms with van der Waals surface area (Å²) < 4.78 is 6.64. The van der Waals surface area contributed by atoms with Crippen molar-refractivity contribution < 1.29 is 9.53 Å². The number of hydrogen-bond acceptors (Lipinski definition) is 5. The lowest BCUT2D eigenvalue weighted by atomic mass is 10.2. The Labute approximate surface area is 131 Å². The summed E-state index contributed by atoms with van der Waals surface area (Å²) in [4.78, 5) is 22.8. The largest absolute Gasteiger partial charge is 0.493 e. The lowest BCUT2D eigenvalue weighted by molar-refractivity contribution is -0.107. The fraction of sp³-hybridized carbons (Fsp3) is 0.250. The van der Waals surface area contributed by atoms with Gasteiger partial charge in [0.15, 0.2) is 0 Å². The number of aryl methyl sites for hydroxylation is 1. The van der Waals surface area contributed by atoms with Crippen molar-refractivity contribution in [3.05, 3.63) is 52.0 Å². The van der Waals surface area contributed by atoms with Crippen LogP contribution >= 0.6 is 23.1 Å². The quantitative estimate of drug-likeness (QED) is 0.600. The average molecular weight is 320 g/mol. The summed E-state index contributed by atoms with van der Waals surface area (Å²) in [5, 5.41) is 0.930. The van der Waals surface area contributed by atoms with E-state index in [2.05, 4.69) is 6.58 Å². The summed E-state index contributed by atoms with van der Waals surface area (Å²) >= 11 is 2.45. The lowest BCUT2D eigenvalue weighted by Gasteiger charge is -2.08.